The van der Waals surface area contributed by atoms with Gasteiger partial charge in [0, 0.05) is 35.0 Å². The third-order valence-electron chi connectivity index (χ3n) is 4.19. The zero-order chi connectivity index (χ0) is 21.7. The lowest BCUT2D eigenvalue weighted by Crippen LogP contribution is -2.21. The molecule has 5 nitrogen and oxygen atoms in total. The van der Waals surface area contributed by atoms with Gasteiger partial charge in [-0.2, -0.15) is 21.6 Å². The topological polar surface area (TPSA) is 73.4 Å². The van der Waals surface area contributed by atoms with Gasteiger partial charge in [-0.25, -0.2) is 0 Å². The van der Waals surface area contributed by atoms with Crippen LogP contribution in [0, 0.1) is 13.8 Å². The van der Waals surface area contributed by atoms with Gasteiger partial charge in [-0.1, -0.05) is 36.4 Å². The fraction of sp³-hybridized carbons (Fsp3) is 0.200. The second kappa shape index (κ2) is 9.15. The lowest BCUT2D eigenvalue weighted by atomic mass is 10.2. The monoisotopic (exact) mass is 426 g/mol. The van der Waals surface area contributed by atoms with Crippen LogP contribution in [0.5, 0.6) is 0 Å². The third kappa shape index (κ3) is 6.10. The van der Waals surface area contributed by atoms with E-state index in [0.29, 0.717) is 0 Å². The number of hydrogen-bond donors (Lipinski definition) is 2. The molecule has 2 aliphatic heterocycles. The maximum atomic E-state index is 10.7. The van der Waals surface area contributed by atoms with Crippen molar-refractivity contribution in [1.82, 2.24) is 9.88 Å². The van der Waals surface area contributed by atoms with Crippen LogP contribution in [-0.4, -0.2) is 34.9 Å². The Balaban J connectivity index is 0.000000158. The molecule has 1 aromatic heterocycles. The molecule has 29 heavy (non-hydrogen) atoms. The van der Waals surface area contributed by atoms with E-state index in [4.69, 9.17) is 13.0 Å². The molecule has 0 spiro atoms. The van der Waals surface area contributed by atoms with E-state index in [2.05, 4.69) is 90.7 Å². The van der Waals surface area contributed by atoms with Crippen molar-refractivity contribution in [2.24, 2.45) is 0 Å². The molecule has 0 aliphatic carbocycles. The summed E-state index contributed by atoms with van der Waals surface area (Å²) in [6, 6.07) is 8.38. The number of fused-ring (bicyclic) bond motifs is 2. The number of hydrogen-bond acceptors (Lipinski definition) is 3. The maximum absolute atomic E-state index is 10.7. The van der Waals surface area contributed by atoms with Crippen molar-refractivity contribution >= 4 is 21.0 Å². The minimum atomic E-state index is -5.84. The van der Waals surface area contributed by atoms with E-state index in [1.807, 2.05) is 0 Å². The summed E-state index contributed by atoms with van der Waals surface area (Å²) in [5.74, 6) is 0. The second-order valence-electron chi connectivity index (χ2n) is 6.21. The third-order valence-corrected chi connectivity index (χ3v) is 4.77. The molecule has 2 aromatic rings. The fourth-order valence-corrected chi connectivity index (χ4v) is 2.57. The molecule has 156 valence electrons. The molecule has 9 heteroatoms. The molecular formula is C20H21F3N2O3S. The van der Waals surface area contributed by atoms with Crippen LogP contribution < -0.4 is 0 Å². The molecule has 0 radical (unpaired) electrons. The van der Waals surface area contributed by atoms with Gasteiger partial charge in [0.1, 0.15) is 0 Å². The normalized spacial score (nSPS) is 15.1. The Morgan fingerprint density at radius 2 is 1.76 bits per heavy atom. The van der Waals surface area contributed by atoms with E-state index >= 15 is 0 Å². The molecule has 0 saturated heterocycles. The van der Waals surface area contributed by atoms with Crippen LogP contribution >= 0.6 is 0 Å². The lowest BCUT2D eigenvalue weighted by Gasteiger charge is -2.23. The number of para-hydroxylation sites is 1. The molecule has 3 heterocycles. The number of aromatic nitrogens is 1. The van der Waals surface area contributed by atoms with Crippen molar-refractivity contribution in [2.75, 3.05) is 6.54 Å². The largest absolute Gasteiger partial charge is 0.522 e. The van der Waals surface area contributed by atoms with Crippen LogP contribution in [0.15, 0.2) is 72.6 Å². The maximum Gasteiger partial charge on any atom is 0.522 e. The number of rotatable bonds is 0. The van der Waals surface area contributed by atoms with Crippen LogP contribution in [-0.2, 0) is 10.1 Å². The number of benzene rings is 1. The van der Waals surface area contributed by atoms with Gasteiger partial charge in [0.2, 0.25) is 0 Å². The fourth-order valence-electron chi connectivity index (χ4n) is 2.57. The second-order valence-corrected chi connectivity index (χ2v) is 7.63. The molecule has 0 saturated carbocycles. The molecule has 2 N–H and O–H groups in total. The van der Waals surface area contributed by atoms with Gasteiger partial charge in [-0.05, 0) is 43.7 Å². The average Bonchev–Trinajstić information content (AvgIpc) is 2.96. The van der Waals surface area contributed by atoms with Crippen LogP contribution in [0.25, 0.3) is 10.9 Å². The van der Waals surface area contributed by atoms with E-state index in [1.54, 1.807) is 0 Å². The smallest absolute Gasteiger partial charge is 0.358 e. The molecule has 0 bridgehead atoms. The molecule has 2 aliphatic rings. The summed E-state index contributed by atoms with van der Waals surface area (Å²) >= 11 is 0. The highest BCUT2D eigenvalue weighted by atomic mass is 32.2. The summed E-state index contributed by atoms with van der Waals surface area (Å²) in [4.78, 5) is 5.54. The van der Waals surface area contributed by atoms with Crippen LogP contribution in [0.3, 0.4) is 0 Å². The summed E-state index contributed by atoms with van der Waals surface area (Å²) in [5, 5.41) is 1.34. The van der Waals surface area contributed by atoms with E-state index in [9.17, 15) is 13.2 Å². The van der Waals surface area contributed by atoms with Crippen molar-refractivity contribution in [3.8, 4) is 0 Å². The Labute approximate surface area is 167 Å². The highest BCUT2D eigenvalue weighted by molar-refractivity contribution is 7.86. The molecule has 0 atom stereocenters. The SMILES string of the molecule is C1=CCN2C=CC=CC2=C1.Cc1[nH]c2ccccc2c1C.O=S(=O)(O)C(F)(F)F. The van der Waals surface area contributed by atoms with Crippen molar-refractivity contribution in [1.29, 1.82) is 0 Å². The highest BCUT2D eigenvalue weighted by Gasteiger charge is 2.44. The van der Waals surface area contributed by atoms with Crippen molar-refractivity contribution in [2.45, 2.75) is 19.4 Å². The summed E-state index contributed by atoms with van der Waals surface area (Å²) in [5.41, 5.74) is -0.383. The molecule has 0 amide bonds. The summed E-state index contributed by atoms with van der Waals surface area (Å²) in [6.45, 7) is 5.26. The predicted molar refractivity (Wildman–Crippen MR) is 108 cm³/mol. The van der Waals surface area contributed by atoms with Gasteiger partial charge < -0.3 is 9.88 Å². The van der Waals surface area contributed by atoms with Crippen molar-refractivity contribution in [3.63, 3.8) is 0 Å². The minimum absolute atomic E-state index is 1.01. The van der Waals surface area contributed by atoms with E-state index < -0.39 is 15.6 Å². The first-order chi connectivity index (χ1) is 13.5. The van der Waals surface area contributed by atoms with E-state index in [-0.39, 0.29) is 0 Å². The van der Waals surface area contributed by atoms with Crippen LogP contribution in [0.1, 0.15) is 11.3 Å². The van der Waals surface area contributed by atoms with E-state index in [1.165, 1.54) is 27.9 Å². The number of alkyl halides is 3. The lowest BCUT2D eigenvalue weighted by molar-refractivity contribution is -0.0510. The molecule has 4 rings (SSSR count). The van der Waals surface area contributed by atoms with Gasteiger partial charge in [0.25, 0.3) is 0 Å². The quantitative estimate of drug-likeness (QED) is 0.459. The first kappa shape index (κ1) is 22.5. The number of aromatic amines is 1. The number of nitrogens with zero attached hydrogens (tertiary/aromatic N) is 1. The molecule has 1 aromatic carbocycles. The van der Waals surface area contributed by atoms with Crippen LogP contribution in [0.4, 0.5) is 13.2 Å². The number of nitrogens with one attached hydrogen (secondary N) is 1. The van der Waals surface area contributed by atoms with Gasteiger partial charge in [-0.3, -0.25) is 4.55 Å². The zero-order valence-corrected chi connectivity index (χ0v) is 16.6. The number of H-pyrrole nitrogens is 1. The summed E-state index contributed by atoms with van der Waals surface area (Å²) in [7, 11) is -5.84. The summed E-state index contributed by atoms with van der Waals surface area (Å²) < 4.78 is 57.5. The highest BCUT2D eigenvalue weighted by Crippen LogP contribution is 2.21. The Morgan fingerprint density at radius 1 is 1.10 bits per heavy atom. The minimum Gasteiger partial charge on any atom is -0.358 e. The number of halogens is 3. The number of allylic oxidation sites excluding steroid dienone is 5. The van der Waals surface area contributed by atoms with Gasteiger partial charge in [0.05, 0.1) is 0 Å². The Kier molecular flexibility index (Phi) is 7.10. The zero-order valence-electron chi connectivity index (χ0n) is 15.8. The van der Waals surface area contributed by atoms with Crippen molar-refractivity contribution in [3.05, 3.63) is 83.9 Å². The van der Waals surface area contributed by atoms with Crippen LogP contribution in [0.2, 0.25) is 0 Å². The molecule has 0 fully saturated rings. The first-order valence-electron chi connectivity index (χ1n) is 8.56. The number of aryl methyl sites for hydroxylation is 2. The van der Waals surface area contributed by atoms with Crippen molar-refractivity contribution < 1.29 is 26.1 Å². The van der Waals surface area contributed by atoms with Gasteiger partial charge in [-0.15, -0.1) is 0 Å². The van der Waals surface area contributed by atoms with Gasteiger partial charge in [0.15, 0.2) is 0 Å². The standard InChI is InChI=1S/C10H11N.C9H9N.CHF3O3S/c1-7-8(2)11-10-6-4-3-5-9(7)10;1-3-7-10-8-4-2-6-9(10)5-1;2-1(3,4)8(5,6)7/h3-6,11H,1-2H3;1-7H,8H2;(H,5,6,7). The van der Waals surface area contributed by atoms with E-state index in [0.717, 1.165) is 6.54 Å². The Morgan fingerprint density at radius 3 is 2.34 bits per heavy atom. The average molecular weight is 426 g/mol. The molecule has 0 unspecified atom stereocenters. The van der Waals surface area contributed by atoms with Gasteiger partial charge >= 0.3 is 15.6 Å². The molecular weight excluding hydrogens is 405 g/mol. The Bertz CT molecular complexity index is 1080. The predicted octanol–water partition coefficient (Wildman–Crippen LogP) is 5.00. The Hall–Kier alpha value is -2.78. The first-order valence-corrected chi connectivity index (χ1v) is 10.0. The summed E-state index contributed by atoms with van der Waals surface area (Å²) in [6.07, 6.45) is 14.7.